The van der Waals surface area contributed by atoms with E-state index in [0.717, 1.165) is 15.7 Å². The minimum atomic E-state index is -1.03. The van der Waals surface area contributed by atoms with Crippen molar-refractivity contribution >= 4 is 5.97 Å². The first kappa shape index (κ1) is 11.1. The molecule has 1 heterocycles. The average molecular weight is 229 g/mol. The Morgan fingerprint density at radius 2 is 1.82 bits per heavy atom. The van der Waals surface area contributed by atoms with Gasteiger partial charge in [0, 0.05) is 12.3 Å². The highest BCUT2D eigenvalue weighted by molar-refractivity contribution is 5.67. The number of aliphatic carboxylic acids is 1. The predicted octanol–water partition coefficient (Wildman–Crippen LogP) is 1.60. The third-order valence-electron chi connectivity index (χ3n) is 2.41. The molecule has 0 radical (unpaired) electrons. The average Bonchev–Trinajstić information content (AvgIpc) is 2.32. The molecule has 1 aromatic carbocycles. The third kappa shape index (κ3) is 2.60. The maximum atomic E-state index is 11.6. The summed E-state index contributed by atoms with van der Waals surface area (Å²) in [5, 5.41) is 8.62. The quantitative estimate of drug-likeness (QED) is 0.869. The number of benzene rings is 1. The molecule has 0 amide bonds. The second kappa shape index (κ2) is 4.65. The Labute approximate surface area is 97.8 Å². The van der Waals surface area contributed by atoms with E-state index in [1.54, 1.807) is 6.07 Å². The summed E-state index contributed by atoms with van der Waals surface area (Å²) in [6.45, 7) is -0.312. The number of rotatable bonds is 3. The van der Waals surface area contributed by atoms with Gasteiger partial charge in [0.25, 0.3) is 5.56 Å². The van der Waals surface area contributed by atoms with Gasteiger partial charge >= 0.3 is 5.97 Å². The molecule has 0 aliphatic heterocycles. The Balaban J connectivity index is 2.38. The molecule has 0 aliphatic carbocycles. The summed E-state index contributed by atoms with van der Waals surface area (Å²) in [6, 6.07) is 12.6. The molecule has 17 heavy (non-hydrogen) atoms. The van der Waals surface area contributed by atoms with Gasteiger partial charge < -0.3 is 9.67 Å². The SMILES string of the molecule is O=C(O)Cn1ccc(-c2ccccc2)cc1=O. The molecular weight excluding hydrogens is 218 g/mol. The zero-order valence-electron chi connectivity index (χ0n) is 9.04. The maximum Gasteiger partial charge on any atom is 0.323 e. The van der Waals surface area contributed by atoms with E-state index in [4.69, 9.17) is 5.11 Å². The monoisotopic (exact) mass is 229 g/mol. The standard InChI is InChI=1S/C13H11NO3/c15-12-8-11(10-4-2-1-3-5-10)6-7-14(12)9-13(16)17/h1-8H,9H2,(H,16,17). The summed E-state index contributed by atoms with van der Waals surface area (Å²) in [4.78, 5) is 22.2. The van der Waals surface area contributed by atoms with Gasteiger partial charge in [0.05, 0.1) is 0 Å². The number of carboxylic acids is 1. The Morgan fingerprint density at radius 3 is 2.41 bits per heavy atom. The van der Waals surface area contributed by atoms with E-state index in [9.17, 15) is 9.59 Å². The summed E-state index contributed by atoms with van der Waals surface area (Å²) in [6.07, 6.45) is 1.50. The minimum Gasteiger partial charge on any atom is -0.480 e. The van der Waals surface area contributed by atoms with Crippen LogP contribution in [-0.4, -0.2) is 15.6 Å². The molecule has 2 rings (SSSR count). The zero-order valence-corrected chi connectivity index (χ0v) is 9.04. The normalized spacial score (nSPS) is 10.1. The second-order valence-corrected chi connectivity index (χ2v) is 3.64. The van der Waals surface area contributed by atoms with Gasteiger partial charge in [-0.1, -0.05) is 30.3 Å². The van der Waals surface area contributed by atoms with E-state index in [0.29, 0.717) is 0 Å². The van der Waals surface area contributed by atoms with Crippen molar-refractivity contribution in [3.8, 4) is 11.1 Å². The molecule has 0 saturated heterocycles. The first-order valence-electron chi connectivity index (χ1n) is 5.14. The van der Waals surface area contributed by atoms with E-state index in [1.807, 2.05) is 30.3 Å². The summed E-state index contributed by atoms with van der Waals surface area (Å²) in [7, 11) is 0. The van der Waals surface area contributed by atoms with Crippen LogP contribution in [-0.2, 0) is 11.3 Å². The Morgan fingerprint density at radius 1 is 1.12 bits per heavy atom. The van der Waals surface area contributed by atoms with Crippen LogP contribution in [0.1, 0.15) is 0 Å². The van der Waals surface area contributed by atoms with Crippen molar-refractivity contribution < 1.29 is 9.90 Å². The first-order valence-corrected chi connectivity index (χ1v) is 5.14. The van der Waals surface area contributed by atoms with Crippen molar-refractivity contribution in [2.45, 2.75) is 6.54 Å². The fourth-order valence-electron chi connectivity index (χ4n) is 1.59. The lowest BCUT2D eigenvalue weighted by Gasteiger charge is -2.04. The highest BCUT2D eigenvalue weighted by atomic mass is 16.4. The van der Waals surface area contributed by atoms with Gasteiger partial charge in [0.1, 0.15) is 6.54 Å². The maximum absolute atomic E-state index is 11.6. The van der Waals surface area contributed by atoms with Gasteiger partial charge in [-0.05, 0) is 17.2 Å². The highest BCUT2D eigenvalue weighted by Crippen LogP contribution is 2.15. The lowest BCUT2D eigenvalue weighted by molar-refractivity contribution is -0.137. The van der Waals surface area contributed by atoms with Crippen LogP contribution in [0.3, 0.4) is 0 Å². The number of pyridine rings is 1. The van der Waals surface area contributed by atoms with E-state index in [-0.39, 0.29) is 12.1 Å². The minimum absolute atomic E-state index is 0.311. The summed E-state index contributed by atoms with van der Waals surface area (Å²) in [5.74, 6) is -1.03. The molecule has 4 heteroatoms. The molecule has 1 N–H and O–H groups in total. The molecule has 0 aliphatic rings. The lowest BCUT2D eigenvalue weighted by Crippen LogP contribution is -2.22. The fraction of sp³-hybridized carbons (Fsp3) is 0.0769. The number of aromatic nitrogens is 1. The molecule has 0 unspecified atom stereocenters. The summed E-state index contributed by atoms with van der Waals surface area (Å²) >= 11 is 0. The van der Waals surface area contributed by atoms with Gasteiger partial charge in [-0.15, -0.1) is 0 Å². The number of nitrogens with zero attached hydrogens (tertiary/aromatic N) is 1. The van der Waals surface area contributed by atoms with Crippen molar-refractivity contribution in [2.24, 2.45) is 0 Å². The topological polar surface area (TPSA) is 59.3 Å². The van der Waals surface area contributed by atoms with Crippen molar-refractivity contribution in [1.82, 2.24) is 4.57 Å². The van der Waals surface area contributed by atoms with Crippen LogP contribution in [0.15, 0.2) is 53.5 Å². The fourth-order valence-corrected chi connectivity index (χ4v) is 1.59. The van der Waals surface area contributed by atoms with Crippen LogP contribution < -0.4 is 5.56 Å². The van der Waals surface area contributed by atoms with Crippen molar-refractivity contribution in [2.75, 3.05) is 0 Å². The van der Waals surface area contributed by atoms with Gasteiger partial charge in [0.2, 0.25) is 0 Å². The van der Waals surface area contributed by atoms with Crippen LogP contribution in [0, 0.1) is 0 Å². The molecule has 0 saturated carbocycles. The lowest BCUT2D eigenvalue weighted by atomic mass is 10.1. The van der Waals surface area contributed by atoms with Crippen LogP contribution in [0.25, 0.3) is 11.1 Å². The molecular formula is C13H11NO3. The van der Waals surface area contributed by atoms with Crippen molar-refractivity contribution in [1.29, 1.82) is 0 Å². The largest absolute Gasteiger partial charge is 0.480 e. The highest BCUT2D eigenvalue weighted by Gasteiger charge is 2.03. The molecule has 0 fully saturated rings. The Kier molecular flexibility index (Phi) is 3.05. The van der Waals surface area contributed by atoms with Gasteiger partial charge in [-0.25, -0.2) is 0 Å². The molecule has 0 atom stereocenters. The van der Waals surface area contributed by atoms with Crippen LogP contribution in [0.5, 0.6) is 0 Å². The third-order valence-corrected chi connectivity index (χ3v) is 2.41. The molecule has 0 bridgehead atoms. The van der Waals surface area contributed by atoms with Crippen LogP contribution >= 0.6 is 0 Å². The van der Waals surface area contributed by atoms with Crippen LogP contribution in [0.2, 0.25) is 0 Å². The predicted molar refractivity (Wildman–Crippen MR) is 63.8 cm³/mol. The molecule has 4 nitrogen and oxygen atoms in total. The van der Waals surface area contributed by atoms with Crippen molar-refractivity contribution in [3.05, 3.63) is 59.0 Å². The molecule has 2 aromatic rings. The van der Waals surface area contributed by atoms with Gasteiger partial charge in [0.15, 0.2) is 0 Å². The number of hydrogen-bond donors (Lipinski definition) is 1. The summed E-state index contributed by atoms with van der Waals surface area (Å²) < 4.78 is 1.16. The first-order chi connectivity index (χ1) is 8.16. The summed E-state index contributed by atoms with van der Waals surface area (Å²) in [5.41, 5.74) is 1.41. The zero-order chi connectivity index (χ0) is 12.3. The molecule has 86 valence electrons. The van der Waals surface area contributed by atoms with E-state index >= 15 is 0 Å². The number of carbonyl (C=O) groups is 1. The smallest absolute Gasteiger partial charge is 0.323 e. The van der Waals surface area contributed by atoms with Gasteiger partial charge in [-0.3, -0.25) is 9.59 Å². The Hall–Kier alpha value is -2.36. The van der Waals surface area contributed by atoms with Gasteiger partial charge in [-0.2, -0.15) is 0 Å². The second-order valence-electron chi connectivity index (χ2n) is 3.64. The van der Waals surface area contributed by atoms with E-state index in [1.165, 1.54) is 12.3 Å². The van der Waals surface area contributed by atoms with Crippen molar-refractivity contribution in [3.63, 3.8) is 0 Å². The number of carboxylic acid groups (broad SMARTS) is 1. The molecule has 1 aromatic heterocycles. The van der Waals surface area contributed by atoms with Crippen LogP contribution in [0.4, 0.5) is 0 Å². The van der Waals surface area contributed by atoms with E-state index in [2.05, 4.69) is 0 Å². The number of hydrogen-bond acceptors (Lipinski definition) is 2. The molecule has 0 spiro atoms. The van der Waals surface area contributed by atoms with E-state index < -0.39 is 5.97 Å². The Bertz CT molecular complexity index is 587.